The van der Waals surface area contributed by atoms with Gasteiger partial charge in [-0.25, -0.2) is 9.55 Å². The number of nitrogens with zero attached hydrogens (tertiary/aromatic N) is 5. The summed E-state index contributed by atoms with van der Waals surface area (Å²) in [7, 11) is 0. The minimum atomic E-state index is 0. The van der Waals surface area contributed by atoms with Gasteiger partial charge in [-0.3, -0.25) is 0 Å². The van der Waals surface area contributed by atoms with E-state index in [1.54, 1.807) is 0 Å². The molecule has 3 heterocycles. The van der Waals surface area contributed by atoms with Gasteiger partial charge in [0.2, 0.25) is 0 Å². The van der Waals surface area contributed by atoms with E-state index < -0.39 is 0 Å². The Kier molecular flexibility index (Phi) is 11.2. The third-order valence-corrected chi connectivity index (χ3v) is 12.9. The monoisotopic (exact) mass is 1050 g/mol. The smallest absolute Gasteiger partial charge is 0.168 e. The van der Waals surface area contributed by atoms with Gasteiger partial charge in [0.15, 0.2) is 17.4 Å². The first kappa shape index (κ1) is 42.5. The van der Waals surface area contributed by atoms with Crippen molar-refractivity contribution in [3.05, 3.63) is 254 Å². The van der Waals surface area contributed by atoms with Gasteiger partial charge in [-0.1, -0.05) is 169 Å². The zero-order chi connectivity index (χ0) is 44.8. The molecule has 0 saturated heterocycles. The molecule has 0 aliphatic heterocycles. The molecule has 6 heteroatoms. The Morgan fingerprint density at radius 2 is 1.04 bits per heavy atom. The second kappa shape index (κ2) is 17.9. The van der Waals surface area contributed by atoms with Gasteiger partial charge in [0, 0.05) is 56.3 Å². The van der Waals surface area contributed by atoms with Crippen LogP contribution < -0.4 is 4.90 Å². The summed E-state index contributed by atoms with van der Waals surface area (Å²) in [6.07, 6.45) is 4.11. The predicted octanol–water partition coefficient (Wildman–Crippen LogP) is 15.9. The van der Waals surface area contributed by atoms with Crippen LogP contribution in [0.5, 0.6) is 0 Å². The molecular formula is C62H44N5Pt-. The molecule has 328 valence electrons. The van der Waals surface area contributed by atoms with Gasteiger partial charge in [-0.15, -0.1) is 29.7 Å². The topological polar surface area (TPSA) is 30.9 Å². The normalized spacial score (nSPS) is 11.3. The van der Waals surface area contributed by atoms with E-state index in [2.05, 4.69) is 269 Å². The summed E-state index contributed by atoms with van der Waals surface area (Å²) >= 11 is 0. The van der Waals surface area contributed by atoms with Gasteiger partial charge in [-0.05, 0) is 94.1 Å². The van der Waals surface area contributed by atoms with E-state index in [0.29, 0.717) is 0 Å². The van der Waals surface area contributed by atoms with E-state index in [9.17, 15) is 0 Å². The van der Waals surface area contributed by atoms with Gasteiger partial charge < -0.3 is 9.47 Å². The summed E-state index contributed by atoms with van der Waals surface area (Å²) in [4.78, 5) is 7.46. The third-order valence-electron chi connectivity index (χ3n) is 12.9. The summed E-state index contributed by atoms with van der Waals surface area (Å²) in [5.74, 6) is 0.817. The summed E-state index contributed by atoms with van der Waals surface area (Å²) in [6.45, 7) is 4.37. The zero-order valence-electron chi connectivity index (χ0n) is 37.5. The minimum absolute atomic E-state index is 0. The average Bonchev–Trinajstić information content (AvgIpc) is 3.94. The zero-order valence-corrected chi connectivity index (χ0v) is 39.8. The second-order valence-corrected chi connectivity index (χ2v) is 17.0. The van der Waals surface area contributed by atoms with Crippen LogP contribution in [0.4, 0.5) is 17.1 Å². The number of pyridine rings is 1. The number of hydrogen-bond donors (Lipinski definition) is 0. The van der Waals surface area contributed by atoms with Crippen LogP contribution in [0.25, 0.3) is 83.4 Å². The maximum absolute atomic E-state index is 5.14. The van der Waals surface area contributed by atoms with Crippen molar-refractivity contribution in [3.8, 4) is 50.6 Å². The van der Waals surface area contributed by atoms with Crippen LogP contribution in [0.3, 0.4) is 0 Å². The van der Waals surface area contributed by atoms with Gasteiger partial charge in [0.05, 0.1) is 0 Å². The molecule has 0 saturated carbocycles. The first-order valence-electron chi connectivity index (χ1n) is 22.7. The summed E-state index contributed by atoms with van der Waals surface area (Å²) in [5, 5.41) is 2.24. The number of fused-ring (bicyclic) bond motifs is 4. The van der Waals surface area contributed by atoms with Gasteiger partial charge in [0.25, 0.3) is 0 Å². The Balaban J connectivity index is 0.00000507. The second-order valence-electron chi connectivity index (χ2n) is 17.0. The van der Waals surface area contributed by atoms with Crippen LogP contribution >= 0.6 is 0 Å². The van der Waals surface area contributed by atoms with Crippen LogP contribution in [0.2, 0.25) is 0 Å². The number of hydrogen-bond acceptors (Lipinski definition) is 2. The van der Waals surface area contributed by atoms with Crippen molar-refractivity contribution in [2.45, 2.75) is 13.8 Å². The molecule has 0 N–H and O–H groups in total. The number of rotatable bonds is 9. The van der Waals surface area contributed by atoms with E-state index in [0.717, 1.165) is 100 Å². The molecule has 0 aliphatic rings. The molecule has 0 spiro atoms. The van der Waals surface area contributed by atoms with Crippen LogP contribution in [0, 0.1) is 26.0 Å². The van der Waals surface area contributed by atoms with Crippen molar-refractivity contribution in [1.82, 2.24) is 18.7 Å². The Morgan fingerprint density at radius 3 is 1.74 bits per heavy atom. The van der Waals surface area contributed by atoms with Crippen molar-refractivity contribution in [2.24, 2.45) is 0 Å². The Labute approximate surface area is 410 Å². The maximum atomic E-state index is 5.14. The number of imidazole rings is 1. The molecule has 0 amide bonds. The van der Waals surface area contributed by atoms with E-state index in [1.807, 2.05) is 6.20 Å². The van der Waals surface area contributed by atoms with E-state index in [-0.39, 0.29) is 21.1 Å². The third kappa shape index (κ3) is 7.42. The van der Waals surface area contributed by atoms with Crippen LogP contribution in [-0.2, 0) is 21.1 Å². The molecule has 5 nitrogen and oxygen atoms in total. The van der Waals surface area contributed by atoms with Crippen molar-refractivity contribution in [3.63, 3.8) is 0 Å². The van der Waals surface area contributed by atoms with Crippen molar-refractivity contribution in [1.29, 1.82) is 0 Å². The largest absolute Gasteiger partial charge is 0.357 e. The summed E-state index contributed by atoms with van der Waals surface area (Å²) < 4.78 is 6.75. The van der Waals surface area contributed by atoms with Crippen LogP contribution in [-0.4, -0.2) is 18.7 Å². The maximum Gasteiger partial charge on any atom is 0.168 e. The molecule has 12 aromatic rings. The summed E-state index contributed by atoms with van der Waals surface area (Å²) in [5.41, 5.74) is 18.4. The number of benzene rings is 9. The molecule has 0 aliphatic carbocycles. The number of aromatic nitrogens is 4. The SMILES string of the molecule is Cc1cccc(C)c1N(c1[c-]c(-n2[cH+]n(-c3ccccc3)c3ccccc32)ccc1)c1[c-]c2c(cc1)c1ccccc1n2-c1cc(-c2c(-c3ccccc3)cccc2-c2ccccc2)ccn1.[Pt]. The van der Waals surface area contributed by atoms with Crippen molar-refractivity contribution < 1.29 is 21.1 Å². The minimum Gasteiger partial charge on any atom is -0.357 e. The first-order valence-corrected chi connectivity index (χ1v) is 22.7. The fourth-order valence-corrected chi connectivity index (χ4v) is 9.87. The van der Waals surface area contributed by atoms with E-state index >= 15 is 0 Å². The predicted molar refractivity (Wildman–Crippen MR) is 277 cm³/mol. The fourth-order valence-electron chi connectivity index (χ4n) is 9.87. The molecule has 0 atom stereocenters. The first-order chi connectivity index (χ1) is 33.1. The molecule has 3 aromatic heterocycles. The molecule has 0 fully saturated rings. The molecule has 0 unspecified atom stereocenters. The quantitative estimate of drug-likeness (QED) is 0.135. The number of para-hydroxylation sites is 5. The van der Waals surface area contributed by atoms with E-state index in [4.69, 9.17) is 4.98 Å². The Bertz CT molecular complexity index is 3700. The molecule has 0 radical (unpaired) electrons. The van der Waals surface area contributed by atoms with Crippen LogP contribution in [0.15, 0.2) is 231 Å². The fraction of sp³-hybridized carbons (Fsp3) is 0.0323. The van der Waals surface area contributed by atoms with Gasteiger partial charge in [0.1, 0.15) is 11.5 Å². The van der Waals surface area contributed by atoms with Crippen molar-refractivity contribution in [2.75, 3.05) is 4.90 Å². The molecule has 68 heavy (non-hydrogen) atoms. The standard InChI is InChI=1S/C62H44N5.Pt/c1-43-19-16-20-44(2)62(43)66(50-28-17-27-49(40-50)65-42-64(48-25-10-5-11-26-48)57-33-14-15-34-58(57)65)51-35-36-55-54-29-12-13-32-56(54)67(59(55)41-51)60-39-47(37-38-63-60)61-52(45-21-6-3-7-22-45)30-18-31-53(61)46-23-8-4-9-24-46;/h3-39,42H,1-2H3;/q-1;. The van der Waals surface area contributed by atoms with Gasteiger partial charge in [-0.2, -0.15) is 16.7 Å². The number of aryl methyl sites for hydroxylation is 2. The Morgan fingerprint density at radius 1 is 0.471 bits per heavy atom. The summed E-state index contributed by atoms with van der Waals surface area (Å²) in [6, 6.07) is 85.2. The number of anilines is 3. The Hall–Kier alpha value is -8.11. The van der Waals surface area contributed by atoms with E-state index in [1.165, 1.54) is 11.1 Å². The van der Waals surface area contributed by atoms with Crippen molar-refractivity contribution >= 4 is 49.9 Å². The molecule has 12 rings (SSSR count). The van der Waals surface area contributed by atoms with Crippen LogP contribution in [0.1, 0.15) is 11.1 Å². The molecule has 0 bridgehead atoms. The molecule has 9 aromatic carbocycles. The molecular weight excluding hydrogens is 1010 g/mol. The van der Waals surface area contributed by atoms with Gasteiger partial charge >= 0.3 is 0 Å². The average molecular weight is 1050 g/mol.